The van der Waals surface area contributed by atoms with Gasteiger partial charge in [0, 0.05) is 15.7 Å². The van der Waals surface area contributed by atoms with Crippen molar-refractivity contribution in [3.63, 3.8) is 0 Å². The normalized spacial score (nSPS) is 12.1. The number of hydrogen-bond acceptors (Lipinski definition) is 4. The molecule has 1 aromatic carbocycles. The van der Waals surface area contributed by atoms with E-state index < -0.39 is 10.0 Å². The van der Waals surface area contributed by atoms with Gasteiger partial charge in [-0.1, -0.05) is 23.7 Å². The van der Waals surface area contributed by atoms with E-state index in [9.17, 15) is 8.42 Å². The van der Waals surface area contributed by atoms with Crippen LogP contribution in [0.25, 0.3) is 11.7 Å². The summed E-state index contributed by atoms with van der Waals surface area (Å²) in [6.07, 6.45) is 3.15. The topological polar surface area (TPSA) is 76.4 Å². The molecule has 0 spiro atoms. The van der Waals surface area contributed by atoms with E-state index in [-0.39, 0.29) is 5.95 Å². The van der Waals surface area contributed by atoms with Gasteiger partial charge in [-0.05, 0) is 51.8 Å². The predicted octanol–water partition coefficient (Wildman–Crippen LogP) is 3.56. The van der Waals surface area contributed by atoms with E-state index in [1.807, 2.05) is 0 Å². The molecule has 0 saturated heterocycles. The standard InChI is InChI=1S/C14H10BrClN4O2S/c15-11-3-6-13-17-14(18-20(13)9-11)19-23(21,22)8-7-10-1-4-12(16)5-2-10/h1-9H,(H,18,19)/b8-7+. The molecule has 6 nitrogen and oxygen atoms in total. The van der Waals surface area contributed by atoms with Crippen molar-refractivity contribution in [3.8, 4) is 0 Å². The maximum atomic E-state index is 12.1. The van der Waals surface area contributed by atoms with E-state index in [2.05, 4.69) is 30.7 Å². The zero-order chi connectivity index (χ0) is 16.4. The van der Waals surface area contributed by atoms with E-state index in [1.165, 1.54) is 10.6 Å². The Morgan fingerprint density at radius 2 is 1.91 bits per heavy atom. The molecule has 0 unspecified atom stereocenters. The van der Waals surface area contributed by atoms with Crippen LogP contribution < -0.4 is 4.72 Å². The van der Waals surface area contributed by atoms with Gasteiger partial charge in [0.15, 0.2) is 5.65 Å². The van der Waals surface area contributed by atoms with Crippen LogP contribution in [-0.2, 0) is 10.0 Å². The lowest BCUT2D eigenvalue weighted by Crippen LogP contribution is -2.10. The molecule has 0 fully saturated rings. The van der Waals surface area contributed by atoms with Crippen LogP contribution in [0.2, 0.25) is 5.02 Å². The van der Waals surface area contributed by atoms with Gasteiger partial charge in [0.2, 0.25) is 0 Å². The fraction of sp³-hybridized carbons (Fsp3) is 0. The summed E-state index contributed by atoms with van der Waals surface area (Å²) < 4.78 is 28.7. The zero-order valence-electron chi connectivity index (χ0n) is 11.5. The largest absolute Gasteiger partial charge is 0.257 e. The second-order valence-corrected chi connectivity index (χ2v) is 7.51. The number of sulfonamides is 1. The Morgan fingerprint density at radius 1 is 1.17 bits per heavy atom. The summed E-state index contributed by atoms with van der Waals surface area (Å²) in [5, 5.41) is 5.70. The smallest absolute Gasteiger partial charge is 0.246 e. The molecule has 9 heteroatoms. The number of benzene rings is 1. The average molecular weight is 414 g/mol. The van der Waals surface area contributed by atoms with Crippen LogP contribution in [0.1, 0.15) is 5.56 Å². The van der Waals surface area contributed by atoms with Crippen LogP contribution in [0.15, 0.2) is 52.5 Å². The van der Waals surface area contributed by atoms with Gasteiger partial charge in [-0.15, -0.1) is 5.10 Å². The van der Waals surface area contributed by atoms with Crippen LogP contribution in [0.5, 0.6) is 0 Å². The molecule has 0 saturated carbocycles. The van der Waals surface area contributed by atoms with Crippen LogP contribution in [0, 0.1) is 0 Å². The zero-order valence-corrected chi connectivity index (χ0v) is 14.7. The lowest BCUT2D eigenvalue weighted by molar-refractivity contribution is 0.609. The first kappa shape index (κ1) is 16.0. The number of nitrogens with one attached hydrogen (secondary N) is 1. The summed E-state index contributed by atoms with van der Waals surface area (Å²) in [6, 6.07) is 10.3. The Hall–Kier alpha value is -1.90. The second-order valence-electron chi connectivity index (χ2n) is 4.59. The predicted molar refractivity (Wildman–Crippen MR) is 93.7 cm³/mol. The molecular weight excluding hydrogens is 404 g/mol. The highest BCUT2D eigenvalue weighted by Gasteiger charge is 2.10. The quantitative estimate of drug-likeness (QED) is 0.709. The number of aromatic nitrogens is 3. The number of nitrogens with zero attached hydrogens (tertiary/aromatic N) is 3. The summed E-state index contributed by atoms with van der Waals surface area (Å²) in [4.78, 5) is 4.10. The first-order chi connectivity index (χ1) is 10.9. The number of fused-ring (bicyclic) bond motifs is 1. The first-order valence-electron chi connectivity index (χ1n) is 6.40. The van der Waals surface area contributed by atoms with Gasteiger partial charge in [0.05, 0.1) is 5.41 Å². The third kappa shape index (κ3) is 4.10. The average Bonchev–Trinajstić information content (AvgIpc) is 2.87. The third-order valence-electron chi connectivity index (χ3n) is 2.84. The van der Waals surface area contributed by atoms with Gasteiger partial charge in [-0.2, -0.15) is 4.98 Å². The summed E-state index contributed by atoms with van der Waals surface area (Å²) in [5.41, 5.74) is 1.25. The lowest BCUT2D eigenvalue weighted by Gasteiger charge is -1.98. The van der Waals surface area contributed by atoms with E-state index in [0.29, 0.717) is 16.2 Å². The highest BCUT2D eigenvalue weighted by atomic mass is 79.9. The lowest BCUT2D eigenvalue weighted by atomic mass is 10.2. The Kier molecular flexibility index (Phi) is 4.38. The van der Waals surface area contributed by atoms with Crippen LogP contribution in [0.4, 0.5) is 5.95 Å². The minimum absolute atomic E-state index is 0.00357. The van der Waals surface area contributed by atoms with Gasteiger partial charge in [0.1, 0.15) is 0 Å². The Morgan fingerprint density at radius 3 is 2.65 bits per heavy atom. The number of halogens is 2. The summed E-state index contributed by atoms with van der Waals surface area (Å²) in [6.45, 7) is 0. The summed E-state index contributed by atoms with van der Waals surface area (Å²) in [5.74, 6) is 0.00357. The van der Waals surface area contributed by atoms with E-state index in [4.69, 9.17) is 11.6 Å². The maximum Gasteiger partial charge on any atom is 0.257 e. The Labute approximate surface area is 146 Å². The van der Waals surface area contributed by atoms with E-state index >= 15 is 0 Å². The molecule has 3 rings (SSSR count). The van der Waals surface area contributed by atoms with Crippen molar-refractivity contribution >= 4 is 55.2 Å². The molecule has 118 valence electrons. The molecule has 2 aromatic heterocycles. The second kappa shape index (κ2) is 6.31. The molecule has 0 aliphatic rings. The van der Waals surface area contributed by atoms with Gasteiger partial charge < -0.3 is 0 Å². The van der Waals surface area contributed by atoms with Gasteiger partial charge in [0.25, 0.3) is 16.0 Å². The van der Waals surface area contributed by atoms with Gasteiger partial charge >= 0.3 is 0 Å². The van der Waals surface area contributed by atoms with Crippen LogP contribution in [-0.4, -0.2) is 23.0 Å². The molecule has 0 bridgehead atoms. The molecule has 0 amide bonds. The van der Waals surface area contributed by atoms with Crippen molar-refractivity contribution in [2.24, 2.45) is 0 Å². The molecule has 2 heterocycles. The van der Waals surface area contributed by atoms with Crippen LogP contribution >= 0.6 is 27.5 Å². The molecular formula is C14H10BrClN4O2S. The minimum Gasteiger partial charge on any atom is -0.246 e. The molecule has 0 radical (unpaired) electrons. The maximum absolute atomic E-state index is 12.1. The molecule has 23 heavy (non-hydrogen) atoms. The highest BCUT2D eigenvalue weighted by Crippen LogP contribution is 2.14. The van der Waals surface area contributed by atoms with Crippen molar-refractivity contribution in [3.05, 3.63) is 63.1 Å². The number of anilines is 1. The number of hydrogen-bond donors (Lipinski definition) is 1. The minimum atomic E-state index is -3.71. The third-order valence-corrected chi connectivity index (χ3v) is 4.52. The number of rotatable bonds is 4. The molecule has 0 atom stereocenters. The van der Waals surface area contributed by atoms with Gasteiger partial charge in [-0.25, -0.2) is 17.7 Å². The Balaban J connectivity index is 1.80. The van der Waals surface area contributed by atoms with E-state index in [1.54, 1.807) is 42.6 Å². The molecule has 3 aromatic rings. The monoisotopic (exact) mass is 412 g/mol. The Bertz CT molecular complexity index is 984. The van der Waals surface area contributed by atoms with Crippen molar-refractivity contribution < 1.29 is 8.42 Å². The fourth-order valence-electron chi connectivity index (χ4n) is 1.80. The first-order valence-corrected chi connectivity index (χ1v) is 9.11. The van der Waals surface area contributed by atoms with Crippen LogP contribution in [0.3, 0.4) is 0 Å². The van der Waals surface area contributed by atoms with Crippen molar-refractivity contribution in [1.82, 2.24) is 14.6 Å². The van der Waals surface area contributed by atoms with Gasteiger partial charge in [-0.3, -0.25) is 0 Å². The molecule has 1 N–H and O–H groups in total. The van der Waals surface area contributed by atoms with Crippen molar-refractivity contribution in [1.29, 1.82) is 0 Å². The van der Waals surface area contributed by atoms with Crippen molar-refractivity contribution in [2.45, 2.75) is 0 Å². The highest BCUT2D eigenvalue weighted by molar-refractivity contribution is 9.10. The van der Waals surface area contributed by atoms with E-state index in [0.717, 1.165) is 9.88 Å². The van der Waals surface area contributed by atoms with Crippen molar-refractivity contribution in [2.75, 3.05) is 4.72 Å². The number of pyridine rings is 1. The summed E-state index contributed by atoms with van der Waals surface area (Å²) in [7, 11) is -3.71. The fourth-order valence-corrected chi connectivity index (χ4v) is 3.00. The SMILES string of the molecule is O=S(=O)(/C=C/c1ccc(Cl)cc1)Nc1nc2ccc(Br)cn2n1. The summed E-state index contributed by atoms with van der Waals surface area (Å²) >= 11 is 9.09. The molecule has 0 aliphatic heterocycles. The molecule has 0 aliphatic carbocycles.